The summed E-state index contributed by atoms with van der Waals surface area (Å²) in [5.74, 6) is 1.27. The highest BCUT2D eigenvalue weighted by Gasteiger charge is 2.34. The normalized spacial score (nSPS) is 24.0. The van der Waals surface area contributed by atoms with Gasteiger partial charge in [-0.05, 0) is 25.0 Å². The van der Waals surface area contributed by atoms with Gasteiger partial charge >= 0.3 is 0 Å². The molecular formula is C17H24N2O4S. The van der Waals surface area contributed by atoms with Crippen LogP contribution in [0.15, 0.2) is 24.3 Å². The molecule has 0 aromatic heterocycles. The number of carbonyl (C=O) groups is 1. The van der Waals surface area contributed by atoms with Gasteiger partial charge in [-0.15, -0.1) is 0 Å². The number of aryl methyl sites for hydroxylation is 1. The zero-order valence-electron chi connectivity index (χ0n) is 14.0. The zero-order chi connectivity index (χ0) is 17.2. The molecule has 1 atom stereocenters. The molecule has 0 saturated carbocycles. The maximum atomic E-state index is 12.3. The SMILES string of the molecule is Cc1ccccc1OCC(=O)N1CCN(C2CCS(=O)(=O)C2)CC1. The van der Waals surface area contributed by atoms with Crippen molar-refractivity contribution in [1.82, 2.24) is 9.80 Å². The van der Waals surface area contributed by atoms with Crippen molar-refractivity contribution in [3.05, 3.63) is 29.8 Å². The van der Waals surface area contributed by atoms with E-state index in [9.17, 15) is 13.2 Å². The summed E-state index contributed by atoms with van der Waals surface area (Å²) in [4.78, 5) is 16.3. The average molecular weight is 352 g/mol. The molecule has 3 rings (SSSR count). The molecule has 1 amide bonds. The Labute approximate surface area is 143 Å². The van der Waals surface area contributed by atoms with Gasteiger partial charge in [0, 0.05) is 32.2 Å². The van der Waals surface area contributed by atoms with E-state index in [0.717, 1.165) is 24.4 Å². The number of amides is 1. The Hall–Kier alpha value is -1.60. The maximum Gasteiger partial charge on any atom is 0.260 e. The van der Waals surface area contributed by atoms with Gasteiger partial charge in [-0.3, -0.25) is 9.69 Å². The van der Waals surface area contributed by atoms with Crippen LogP contribution in [-0.4, -0.2) is 74.5 Å². The first-order valence-corrected chi connectivity index (χ1v) is 10.2. The highest BCUT2D eigenvalue weighted by Crippen LogP contribution is 2.20. The third-order valence-electron chi connectivity index (χ3n) is 4.84. The molecule has 2 aliphatic heterocycles. The molecule has 1 aromatic rings. The summed E-state index contributed by atoms with van der Waals surface area (Å²) in [7, 11) is -2.86. The van der Waals surface area contributed by atoms with Crippen LogP contribution >= 0.6 is 0 Å². The van der Waals surface area contributed by atoms with Crippen molar-refractivity contribution in [2.45, 2.75) is 19.4 Å². The Kier molecular flexibility index (Phi) is 5.10. The predicted molar refractivity (Wildman–Crippen MR) is 91.9 cm³/mol. The van der Waals surface area contributed by atoms with Crippen molar-refractivity contribution in [2.24, 2.45) is 0 Å². The number of sulfone groups is 1. The van der Waals surface area contributed by atoms with E-state index in [1.807, 2.05) is 31.2 Å². The number of para-hydroxylation sites is 1. The number of ether oxygens (including phenoxy) is 1. The maximum absolute atomic E-state index is 12.3. The minimum atomic E-state index is -2.86. The number of nitrogens with zero attached hydrogens (tertiary/aromatic N) is 2. The number of hydrogen-bond donors (Lipinski definition) is 0. The molecule has 7 heteroatoms. The predicted octanol–water partition coefficient (Wildman–Crippen LogP) is 0.705. The number of piperazine rings is 1. The van der Waals surface area contributed by atoms with E-state index in [2.05, 4.69) is 4.90 Å². The van der Waals surface area contributed by atoms with Crippen LogP contribution in [0.25, 0.3) is 0 Å². The monoisotopic (exact) mass is 352 g/mol. The minimum absolute atomic E-state index is 0.0167. The Balaban J connectivity index is 1.46. The Bertz CT molecular complexity index is 696. The van der Waals surface area contributed by atoms with E-state index in [4.69, 9.17) is 4.74 Å². The first kappa shape index (κ1) is 17.2. The van der Waals surface area contributed by atoms with Gasteiger partial charge in [-0.25, -0.2) is 8.42 Å². The van der Waals surface area contributed by atoms with Gasteiger partial charge in [-0.2, -0.15) is 0 Å². The van der Waals surface area contributed by atoms with E-state index in [0.29, 0.717) is 25.3 Å². The molecule has 1 unspecified atom stereocenters. The fraction of sp³-hybridized carbons (Fsp3) is 0.588. The first-order valence-electron chi connectivity index (χ1n) is 8.35. The van der Waals surface area contributed by atoms with Crippen molar-refractivity contribution < 1.29 is 17.9 Å². The Morgan fingerprint density at radius 2 is 1.92 bits per heavy atom. The summed E-state index contributed by atoms with van der Waals surface area (Å²) < 4.78 is 28.8. The largest absolute Gasteiger partial charge is 0.484 e. The average Bonchev–Trinajstić information content (AvgIpc) is 2.94. The molecule has 2 heterocycles. The quantitative estimate of drug-likeness (QED) is 0.798. The molecule has 24 heavy (non-hydrogen) atoms. The summed E-state index contributed by atoms with van der Waals surface area (Å²) in [6, 6.07) is 7.76. The highest BCUT2D eigenvalue weighted by atomic mass is 32.2. The van der Waals surface area contributed by atoms with E-state index in [-0.39, 0.29) is 24.3 Å². The van der Waals surface area contributed by atoms with Gasteiger partial charge in [0.05, 0.1) is 11.5 Å². The Morgan fingerprint density at radius 1 is 1.21 bits per heavy atom. The minimum Gasteiger partial charge on any atom is -0.484 e. The second-order valence-electron chi connectivity index (χ2n) is 6.53. The van der Waals surface area contributed by atoms with Crippen LogP contribution in [0, 0.1) is 6.92 Å². The summed E-state index contributed by atoms with van der Waals surface area (Å²) in [6.45, 7) is 4.72. The van der Waals surface area contributed by atoms with Crippen LogP contribution in [0.3, 0.4) is 0 Å². The van der Waals surface area contributed by atoms with Crippen molar-refractivity contribution in [2.75, 3.05) is 44.3 Å². The standard InChI is InChI=1S/C17H24N2O4S/c1-14-4-2-3-5-16(14)23-12-17(20)19-9-7-18(8-10-19)15-6-11-24(21,22)13-15/h2-5,15H,6-13H2,1H3. The number of carbonyl (C=O) groups excluding carboxylic acids is 1. The van der Waals surface area contributed by atoms with E-state index < -0.39 is 9.84 Å². The van der Waals surface area contributed by atoms with Crippen LogP contribution in [0.2, 0.25) is 0 Å². The molecule has 0 N–H and O–H groups in total. The van der Waals surface area contributed by atoms with Gasteiger partial charge in [0.25, 0.3) is 5.91 Å². The number of rotatable bonds is 4. The van der Waals surface area contributed by atoms with E-state index in [1.54, 1.807) is 4.90 Å². The summed E-state index contributed by atoms with van der Waals surface area (Å²) in [5, 5.41) is 0. The van der Waals surface area contributed by atoms with Crippen molar-refractivity contribution in [3.63, 3.8) is 0 Å². The second-order valence-corrected chi connectivity index (χ2v) is 8.76. The topological polar surface area (TPSA) is 66.9 Å². The summed E-state index contributed by atoms with van der Waals surface area (Å²) >= 11 is 0. The molecule has 1 aromatic carbocycles. The van der Waals surface area contributed by atoms with Crippen LogP contribution in [0.5, 0.6) is 5.75 Å². The van der Waals surface area contributed by atoms with Gasteiger partial charge in [-0.1, -0.05) is 18.2 Å². The van der Waals surface area contributed by atoms with E-state index in [1.165, 1.54) is 0 Å². The molecule has 0 radical (unpaired) electrons. The van der Waals surface area contributed by atoms with Crippen molar-refractivity contribution in [3.8, 4) is 5.75 Å². The van der Waals surface area contributed by atoms with Crippen LogP contribution < -0.4 is 4.74 Å². The van der Waals surface area contributed by atoms with Crippen LogP contribution in [0.1, 0.15) is 12.0 Å². The Morgan fingerprint density at radius 3 is 2.54 bits per heavy atom. The number of hydrogen-bond acceptors (Lipinski definition) is 5. The van der Waals surface area contributed by atoms with Gasteiger partial charge in [0.15, 0.2) is 16.4 Å². The van der Waals surface area contributed by atoms with Gasteiger partial charge < -0.3 is 9.64 Å². The summed E-state index contributed by atoms with van der Waals surface area (Å²) in [6.07, 6.45) is 0.715. The third kappa shape index (κ3) is 4.08. The lowest BCUT2D eigenvalue weighted by Crippen LogP contribution is -2.53. The third-order valence-corrected chi connectivity index (χ3v) is 6.59. The molecule has 6 nitrogen and oxygen atoms in total. The molecule has 132 valence electrons. The molecule has 2 fully saturated rings. The van der Waals surface area contributed by atoms with Crippen LogP contribution in [-0.2, 0) is 14.6 Å². The molecular weight excluding hydrogens is 328 g/mol. The number of benzene rings is 1. The van der Waals surface area contributed by atoms with E-state index >= 15 is 0 Å². The molecule has 2 aliphatic rings. The molecule has 0 aliphatic carbocycles. The smallest absolute Gasteiger partial charge is 0.260 e. The summed E-state index contributed by atoms with van der Waals surface area (Å²) in [5.41, 5.74) is 1.01. The molecule has 0 spiro atoms. The fourth-order valence-corrected chi connectivity index (χ4v) is 5.11. The van der Waals surface area contributed by atoms with Crippen molar-refractivity contribution in [1.29, 1.82) is 0 Å². The lowest BCUT2D eigenvalue weighted by molar-refractivity contribution is -0.135. The van der Waals surface area contributed by atoms with Crippen molar-refractivity contribution >= 4 is 15.7 Å². The highest BCUT2D eigenvalue weighted by molar-refractivity contribution is 7.91. The first-order chi connectivity index (χ1) is 11.4. The molecule has 2 saturated heterocycles. The van der Waals surface area contributed by atoms with Crippen LogP contribution in [0.4, 0.5) is 0 Å². The fourth-order valence-electron chi connectivity index (χ4n) is 3.35. The lowest BCUT2D eigenvalue weighted by Gasteiger charge is -2.37. The second kappa shape index (κ2) is 7.11. The lowest BCUT2D eigenvalue weighted by atomic mass is 10.2. The molecule has 0 bridgehead atoms. The zero-order valence-corrected chi connectivity index (χ0v) is 14.8. The van der Waals surface area contributed by atoms with Gasteiger partial charge in [0.1, 0.15) is 5.75 Å². The van der Waals surface area contributed by atoms with Gasteiger partial charge in [0.2, 0.25) is 0 Å².